The maximum atomic E-state index is 5.69. The number of rotatable bonds is 0. The Kier molecular flexibility index (Phi) is 1.66. The molecule has 0 N–H and O–H groups in total. The molecule has 1 aromatic carbocycles. The van der Waals surface area contributed by atoms with Crippen molar-refractivity contribution in [3.05, 3.63) is 24.3 Å². The van der Waals surface area contributed by atoms with Crippen LogP contribution in [0.15, 0.2) is 24.3 Å². The summed E-state index contributed by atoms with van der Waals surface area (Å²) in [5.74, 6) is 1.66. The molecule has 1 atom stereocenters. The van der Waals surface area contributed by atoms with Gasteiger partial charge in [0.2, 0.25) is 0 Å². The fraction of sp³-hybridized carbons (Fsp3) is 0.222. The molecule has 3 heteroatoms. The first-order valence-electron chi connectivity index (χ1n) is 3.79. The lowest BCUT2D eigenvalue weighted by atomic mass is 10.3. The Hall–Kier alpha value is -0.880. The lowest BCUT2D eigenvalue weighted by Crippen LogP contribution is -2.09. The zero-order chi connectivity index (χ0) is 8.60. The second-order valence-corrected chi connectivity index (χ2v) is 6.14. The van der Waals surface area contributed by atoms with Gasteiger partial charge >= 0.3 is 0 Å². The van der Waals surface area contributed by atoms with E-state index in [1.807, 2.05) is 30.9 Å². The van der Waals surface area contributed by atoms with Crippen LogP contribution in [0, 0.1) is 0 Å². The van der Waals surface area contributed by atoms with Gasteiger partial charge in [-0.15, -0.1) is 0 Å². The van der Waals surface area contributed by atoms with Crippen LogP contribution in [0.4, 0.5) is 0 Å². The van der Waals surface area contributed by atoms with Crippen LogP contribution >= 0.6 is 7.11 Å². The van der Waals surface area contributed by atoms with E-state index in [-0.39, 0.29) is 0 Å². The molecule has 1 unspecified atom stereocenters. The minimum absolute atomic E-state index is 0.615. The Morgan fingerprint density at radius 1 is 1.33 bits per heavy atom. The molecule has 0 saturated carbocycles. The van der Waals surface area contributed by atoms with Crippen LogP contribution in [0.1, 0.15) is 0 Å². The first-order chi connectivity index (χ1) is 5.67. The number of ether oxygens (including phenoxy) is 1. The van der Waals surface area contributed by atoms with Crippen LogP contribution in [0.5, 0.6) is 11.5 Å². The molecule has 2 nitrogen and oxygen atoms in total. The molecule has 2 rings (SSSR count). The van der Waals surface area contributed by atoms with Gasteiger partial charge in [-0.2, -0.15) is 0 Å². The molecule has 0 amide bonds. The van der Waals surface area contributed by atoms with E-state index in [9.17, 15) is 0 Å². The van der Waals surface area contributed by atoms with Crippen molar-refractivity contribution in [3.8, 4) is 11.5 Å². The van der Waals surface area contributed by atoms with E-state index < -0.39 is 7.11 Å². The second-order valence-electron chi connectivity index (χ2n) is 3.11. The van der Waals surface area contributed by atoms with Gasteiger partial charge in [0.05, 0.1) is 7.11 Å². The van der Waals surface area contributed by atoms with E-state index in [1.165, 1.54) is 0 Å². The maximum absolute atomic E-state index is 5.69. The third kappa shape index (κ3) is 1.35. The van der Waals surface area contributed by atoms with Crippen LogP contribution in [0.25, 0.3) is 0 Å². The van der Waals surface area contributed by atoms with Gasteiger partial charge in [-0.1, -0.05) is 18.4 Å². The Bertz CT molecular complexity index is 346. The predicted octanol–water partition coefficient (Wildman–Crippen LogP) is 2.41. The van der Waals surface area contributed by atoms with Crippen molar-refractivity contribution >= 4 is 13.4 Å². The molecule has 1 aromatic rings. The summed E-state index contributed by atoms with van der Waals surface area (Å²) in [4.78, 5) is 0. The summed E-state index contributed by atoms with van der Waals surface area (Å²) in [6, 6.07) is 7.70. The molecule has 0 fully saturated rings. The summed E-state index contributed by atoms with van der Waals surface area (Å²) in [6.45, 7) is 2.02. The molecule has 1 aliphatic heterocycles. The molecule has 0 radical (unpaired) electrons. The van der Waals surface area contributed by atoms with E-state index >= 15 is 0 Å². The molecule has 0 aromatic heterocycles. The van der Waals surface area contributed by atoms with E-state index in [0.29, 0.717) is 6.35 Å². The summed E-state index contributed by atoms with van der Waals surface area (Å²) in [7, 11) is -1.54. The second kappa shape index (κ2) is 2.56. The van der Waals surface area contributed by atoms with Crippen LogP contribution in [0.2, 0.25) is 0 Å². The molecule has 0 saturated heterocycles. The number of para-hydroxylation sites is 2. The molecule has 64 valence electrons. The van der Waals surface area contributed by atoms with Crippen LogP contribution in [-0.4, -0.2) is 19.3 Å². The van der Waals surface area contributed by atoms with Crippen molar-refractivity contribution in [3.63, 3.8) is 0 Å². The molecule has 0 aliphatic carbocycles. The van der Waals surface area contributed by atoms with Crippen LogP contribution < -0.4 is 9.26 Å². The number of fused-ring (bicyclic) bond motifs is 1. The molecular weight excluding hydrogens is 171 g/mol. The SMILES string of the molecule is C=P1(C)COc2ccccc2O1. The minimum Gasteiger partial charge on any atom is -0.482 e. The lowest BCUT2D eigenvalue weighted by Gasteiger charge is -2.28. The number of hydrogen-bond donors (Lipinski definition) is 0. The maximum Gasteiger partial charge on any atom is 0.165 e. The van der Waals surface area contributed by atoms with Crippen molar-refractivity contribution in [1.29, 1.82) is 0 Å². The fourth-order valence-corrected chi connectivity index (χ4v) is 2.21. The third-order valence-corrected chi connectivity index (χ3v) is 2.97. The Labute approximate surface area is 72.2 Å². The summed E-state index contributed by atoms with van der Waals surface area (Å²) >= 11 is 0. The third-order valence-electron chi connectivity index (χ3n) is 1.66. The van der Waals surface area contributed by atoms with Gasteiger partial charge in [-0.3, -0.25) is 0 Å². The molecular formula is C9H11O2P. The highest BCUT2D eigenvalue weighted by Crippen LogP contribution is 2.49. The quantitative estimate of drug-likeness (QED) is 0.573. The summed E-state index contributed by atoms with van der Waals surface area (Å²) < 4.78 is 11.2. The first-order valence-corrected chi connectivity index (χ1v) is 6.31. The molecule has 0 bridgehead atoms. The molecule has 1 aliphatic rings. The van der Waals surface area contributed by atoms with Crippen molar-refractivity contribution in [2.45, 2.75) is 0 Å². The largest absolute Gasteiger partial charge is 0.482 e. The summed E-state index contributed by atoms with van der Waals surface area (Å²) in [5.41, 5.74) is 0. The van der Waals surface area contributed by atoms with E-state index in [1.54, 1.807) is 0 Å². The number of benzene rings is 1. The van der Waals surface area contributed by atoms with Gasteiger partial charge in [0.15, 0.2) is 11.5 Å². The first kappa shape index (κ1) is 7.75. The highest BCUT2D eigenvalue weighted by molar-refractivity contribution is 7.68. The molecule has 12 heavy (non-hydrogen) atoms. The average molecular weight is 182 g/mol. The van der Waals surface area contributed by atoms with Gasteiger partial charge in [0.1, 0.15) is 6.35 Å². The monoisotopic (exact) mass is 182 g/mol. The molecule has 1 heterocycles. The van der Waals surface area contributed by atoms with Gasteiger partial charge in [0, 0.05) is 0 Å². The Morgan fingerprint density at radius 3 is 2.75 bits per heavy atom. The standard InChI is InChI=1S/C9H11O2P/c1-12(2)7-10-8-5-3-4-6-9(8)11-12/h3-6H,1,7H2,2H3. The van der Waals surface area contributed by atoms with Crippen LogP contribution in [0.3, 0.4) is 0 Å². The Balaban J connectivity index is 2.42. The number of hydrogen-bond acceptors (Lipinski definition) is 2. The van der Waals surface area contributed by atoms with Crippen molar-refractivity contribution < 1.29 is 9.26 Å². The highest BCUT2D eigenvalue weighted by Gasteiger charge is 2.19. The normalized spacial score (nSPS) is 26.8. The van der Waals surface area contributed by atoms with Crippen molar-refractivity contribution in [2.75, 3.05) is 13.0 Å². The van der Waals surface area contributed by atoms with Gasteiger partial charge < -0.3 is 9.26 Å². The summed E-state index contributed by atoms with van der Waals surface area (Å²) in [5, 5.41) is 0. The van der Waals surface area contributed by atoms with Gasteiger partial charge in [-0.05, 0) is 18.8 Å². The lowest BCUT2D eigenvalue weighted by molar-refractivity contribution is 0.340. The van der Waals surface area contributed by atoms with Crippen molar-refractivity contribution in [2.24, 2.45) is 0 Å². The Morgan fingerprint density at radius 2 is 2.00 bits per heavy atom. The highest BCUT2D eigenvalue weighted by atomic mass is 31.2. The summed E-state index contributed by atoms with van der Waals surface area (Å²) in [6.07, 6.45) is 4.61. The van der Waals surface area contributed by atoms with Crippen molar-refractivity contribution in [1.82, 2.24) is 0 Å². The smallest absolute Gasteiger partial charge is 0.165 e. The van der Waals surface area contributed by atoms with E-state index in [4.69, 9.17) is 9.26 Å². The van der Waals surface area contributed by atoms with Crippen LogP contribution in [-0.2, 0) is 0 Å². The van der Waals surface area contributed by atoms with E-state index in [0.717, 1.165) is 11.5 Å². The predicted molar refractivity (Wildman–Crippen MR) is 52.5 cm³/mol. The average Bonchev–Trinajstić information content (AvgIpc) is 2.02. The topological polar surface area (TPSA) is 18.5 Å². The fourth-order valence-electron chi connectivity index (χ4n) is 1.11. The zero-order valence-electron chi connectivity index (χ0n) is 6.99. The van der Waals surface area contributed by atoms with Gasteiger partial charge in [0.25, 0.3) is 0 Å². The van der Waals surface area contributed by atoms with Gasteiger partial charge in [-0.25, -0.2) is 0 Å². The molecule has 0 spiro atoms. The minimum atomic E-state index is -1.54. The zero-order valence-corrected chi connectivity index (χ0v) is 7.88. The van der Waals surface area contributed by atoms with E-state index in [2.05, 4.69) is 6.30 Å².